The average Bonchev–Trinajstić information content (AvgIpc) is 3.22. The highest BCUT2D eigenvalue weighted by molar-refractivity contribution is 6.14. The molecule has 10 nitrogen and oxygen atoms in total. The van der Waals surface area contributed by atoms with E-state index in [1.807, 2.05) is 6.07 Å². The van der Waals surface area contributed by atoms with E-state index in [1.54, 1.807) is 31.6 Å². The smallest absolute Gasteiger partial charge is 0.316 e. The van der Waals surface area contributed by atoms with E-state index >= 15 is 0 Å². The first kappa shape index (κ1) is 24.5. The van der Waals surface area contributed by atoms with E-state index in [2.05, 4.69) is 44.4 Å². The van der Waals surface area contributed by atoms with Crippen molar-refractivity contribution in [2.24, 2.45) is 13.0 Å². The number of nitrogens with zero attached hydrogens (tertiary/aromatic N) is 5. The second kappa shape index (κ2) is 9.80. The summed E-state index contributed by atoms with van der Waals surface area (Å²) in [4.78, 5) is 24.9. The molecule has 2 fully saturated rings. The van der Waals surface area contributed by atoms with E-state index in [1.165, 1.54) is 10.7 Å². The Bertz CT molecular complexity index is 1510. The molecule has 0 radical (unpaired) electrons. The van der Waals surface area contributed by atoms with Crippen molar-refractivity contribution in [3.8, 4) is 6.01 Å². The Labute approximate surface area is 219 Å². The fourth-order valence-corrected chi connectivity index (χ4v) is 5.20. The molecule has 4 aromatic rings. The number of benzene rings is 2. The Morgan fingerprint density at radius 2 is 2.00 bits per heavy atom. The molecule has 2 aromatic carbocycles. The first-order valence-electron chi connectivity index (χ1n) is 12.8. The molecule has 0 unspecified atom stereocenters. The number of aromatic nitrogens is 4. The highest BCUT2D eigenvalue weighted by Crippen LogP contribution is 2.31. The van der Waals surface area contributed by atoms with Gasteiger partial charge in [0.25, 0.3) is 5.91 Å². The van der Waals surface area contributed by atoms with Crippen molar-refractivity contribution in [3.05, 3.63) is 48.0 Å². The largest absolute Gasteiger partial charge is 0.463 e. The number of ether oxygens (including phenoxy) is 2. The Morgan fingerprint density at radius 3 is 2.74 bits per heavy atom. The molecule has 0 spiro atoms. The van der Waals surface area contributed by atoms with Gasteiger partial charge in [-0.05, 0) is 38.1 Å². The number of piperazine rings is 1. The summed E-state index contributed by atoms with van der Waals surface area (Å²) >= 11 is 0. The summed E-state index contributed by atoms with van der Waals surface area (Å²) in [5, 5.41) is 11.9. The highest BCUT2D eigenvalue weighted by Gasteiger charge is 2.25. The van der Waals surface area contributed by atoms with Crippen LogP contribution in [0.2, 0.25) is 0 Å². The second-order valence-electron chi connectivity index (χ2n) is 10.3. The standard InChI is InChI=1S/C27H30FN7O3/c1-15-9-35(10-16(2)30-15)23-5-4-20(25-21(23)8-29-27(32-25)38-14-17-12-37-13-17)26(36)31-19-6-18-11-34(3)33-24(18)22(28)7-19/h4-8,11,15-17,30H,9-10,12-14H2,1-3H3,(H,31,36)/t15-,16+. The zero-order chi connectivity index (χ0) is 26.4. The summed E-state index contributed by atoms with van der Waals surface area (Å²) in [6.07, 6.45) is 3.43. The molecule has 0 aliphatic carbocycles. The second-order valence-corrected chi connectivity index (χ2v) is 10.3. The topological polar surface area (TPSA) is 106 Å². The number of hydrogen-bond donors (Lipinski definition) is 2. The molecular formula is C27H30FN7O3. The van der Waals surface area contributed by atoms with Gasteiger partial charge in [0.15, 0.2) is 5.82 Å². The first-order valence-corrected chi connectivity index (χ1v) is 12.8. The summed E-state index contributed by atoms with van der Waals surface area (Å²) in [7, 11) is 1.72. The minimum Gasteiger partial charge on any atom is -0.463 e. The molecule has 2 N–H and O–H groups in total. The summed E-state index contributed by atoms with van der Waals surface area (Å²) in [5.74, 6) is -0.591. The number of fused-ring (bicyclic) bond motifs is 2. The summed E-state index contributed by atoms with van der Waals surface area (Å²) in [6.45, 7) is 7.69. The van der Waals surface area contributed by atoms with Crippen molar-refractivity contribution in [1.82, 2.24) is 25.1 Å². The van der Waals surface area contributed by atoms with Crippen LogP contribution in [0.25, 0.3) is 21.8 Å². The number of anilines is 2. The van der Waals surface area contributed by atoms with Crippen molar-refractivity contribution >= 4 is 39.1 Å². The lowest BCUT2D eigenvalue weighted by molar-refractivity contribution is -0.0520. The van der Waals surface area contributed by atoms with Crippen LogP contribution in [0.15, 0.2) is 36.7 Å². The van der Waals surface area contributed by atoms with Crippen LogP contribution in [-0.2, 0) is 11.8 Å². The Morgan fingerprint density at radius 1 is 1.21 bits per heavy atom. The van der Waals surface area contributed by atoms with Crippen molar-refractivity contribution in [2.75, 3.05) is 43.1 Å². The highest BCUT2D eigenvalue weighted by atomic mass is 19.1. The van der Waals surface area contributed by atoms with E-state index in [0.29, 0.717) is 60.0 Å². The van der Waals surface area contributed by atoms with E-state index < -0.39 is 11.7 Å². The normalized spacial score (nSPS) is 20.1. The maximum absolute atomic E-state index is 14.6. The van der Waals surface area contributed by atoms with Gasteiger partial charge in [-0.1, -0.05) is 0 Å². The molecule has 0 bridgehead atoms. The third-order valence-corrected chi connectivity index (χ3v) is 6.94. The number of carbonyl (C=O) groups excluding carboxylic acids is 1. The van der Waals surface area contributed by atoms with Gasteiger partial charge < -0.3 is 25.0 Å². The van der Waals surface area contributed by atoms with Gasteiger partial charge in [-0.15, -0.1) is 0 Å². The van der Waals surface area contributed by atoms with Crippen molar-refractivity contribution in [1.29, 1.82) is 0 Å². The number of halogens is 1. The van der Waals surface area contributed by atoms with E-state index in [4.69, 9.17) is 9.47 Å². The van der Waals surface area contributed by atoms with Crippen LogP contribution in [0.1, 0.15) is 24.2 Å². The maximum atomic E-state index is 14.6. The van der Waals surface area contributed by atoms with Crippen molar-refractivity contribution in [2.45, 2.75) is 25.9 Å². The van der Waals surface area contributed by atoms with E-state index in [0.717, 1.165) is 24.2 Å². The van der Waals surface area contributed by atoms with Crippen LogP contribution < -0.4 is 20.3 Å². The molecule has 198 valence electrons. The molecular weight excluding hydrogens is 489 g/mol. The zero-order valence-electron chi connectivity index (χ0n) is 21.6. The zero-order valence-corrected chi connectivity index (χ0v) is 21.6. The van der Waals surface area contributed by atoms with Crippen LogP contribution in [0.4, 0.5) is 15.8 Å². The number of hydrogen-bond acceptors (Lipinski definition) is 8. The molecule has 2 atom stereocenters. The average molecular weight is 520 g/mol. The third-order valence-electron chi connectivity index (χ3n) is 6.94. The number of aryl methyl sites for hydroxylation is 1. The molecule has 11 heteroatoms. The summed E-state index contributed by atoms with van der Waals surface area (Å²) in [5.41, 5.74) is 2.39. The van der Waals surface area contributed by atoms with Crippen LogP contribution in [0.5, 0.6) is 6.01 Å². The third kappa shape index (κ3) is 4.74. The Balaban J connectivity index is 1.36. The van der Waals surface area contributed by atoms with Gasteiger partial charge in [-0.25, -0.2) is 9.37 Å². The molecule has 2 aliphatic rings. The quantitative estimate of drug-likeness (QED) is 0.400. The lowest BCUT2D eigenvalue weighted by Crippen LogP contribution is -2.54. The van der Waals surface area contributed by atoms with Gasteiger partial charge in [-0.3, -0.25) is 9.48 Å². The van der Waals surface area contributed by atoms with Crippen LogP contribution in [-0.4, -0.2) is 70.6 Å². The van der Waals surface area contributed by atoms with E-state index in [9.17, 15) is 9.18 Å². The molecule has 2 aromatic heterocycles. The van der Waals surface area contributed by atoms with Crippen molar-refractivity contribution in [3.63, 3.8) is 0 Å². The van der Waals surface area contributed by atoms with Gasteiger partial charge in [0.1, 0.15) is 5.52 Å². The Hall–Kier alpha value is -3.83. The lowest BCUT2D eigenvalue weighted by atomic mass is 10.0. The number of amides is 1. The molecule has 0 saturated carbocycles. The fourth-order valence-electron chi connectivity index (χ4n) is 5.20. The van der Waals surface area contributed by atoms with Crippen LogP contribution in [0, 0.1) is 11.7 Å². The van der Waals surface area contributed by atoms with Gasteiger partial charge >= 0.3 is 6.01 Å². The molecule has 2 saturated heterocycles. The number of carbonyl (C=O) groups is 1. The monoisotopic (exact) mass is 519 g/mol. The lowest BCUT2D eigenvalue weighted by Gasteiger charge is -2.38. The molecule has 38 heavy (non-hydrogen) atoms. The molecule has 6 rings (SSSR count). The SMILES string of the molecule is C[C@@H]1CN(c2ccc(C(=O)Nc3cc(F)c4nn(C)cc4c3)c3nc(OCC4COC4)ncc23)C[C@H](C)N1. The Kier molecular flexibility index (Phi) is 6.32. The molecule has 4 heterocycles. The molecule has 2 aliphatic heterocycles. The predicted molar refractivity (Wildman–Crippen MR) is 142 cm³/mol. The fraction of sp³-hybridized carbons (Fsp3) is 0.407. The van der Waals surface area contributed by atoms with Gasteiger partial charge in [-0.2, -0.15) is 10.1 Å². The minimum absolute atomic E-state index is 0.209. The minimum atomic E-state index is -0.501. The maximum Gasteiger partial charge on any atom is 0.316 e. The first-order chi connectivity index (χ1) is 18.3. The van der Waals surface area contributed by atoms with Gasteiger partial charge in [0.2, 0.25) is 0 Å². The van der Waals surface area contributed by atoms with Crippen LogP contribution >= 0.6 is 0 Å². The van der Waals surface area contributed by atoms with Crippen molar-refractivity contribution < 1.29 is 18.7 Å². The molecule has 1 amide bonds. The number of nitrogens with one attached hydrogen (secondary N) is 2. The predicted octanol–water partition coefficient (Wildman–Crippen LogP) is 3.12. The summed E-state index contributed by atoms with van der Waals surface area (Å²) in [6, 6.07) is 7.50. The van der Waals surface area contributed by atoms with Crippen LogP contribution in [0.3, 0.4) is 0 Å². The number of rotatable bonds is 6. The van der Waals surface area contributed by atoms with Gasteiger partial charge in [0, 0.05) is 72.7 Å². The van der Waals surface area contributed by atoms with E-state index in [-0.39, 0.29) is 11.5 Å². The summed E-state index contributed by atoms with van der Waals surface area (Å²) < 4.78 is 27.2. The van der Waals surface area contributed by atoms with Gasteiger partial charge in [0.05, 0.1) is 30.9 Å².